The number of rotatable bonds is 7. The number of aliphatic carboxylic acids is 1. The second-order valence-corrected chi connectivity index (χ2v) is 11.0. The molecule has 10 nitrogen and oxygen atoms in total. The summed E-state index contributed by atoms with van der Waals surface area (Å²) in [7, 11) is 3.43. The van der Waals surface area contributed by atoms with Gasteiger partial charge in [0, 0.05) is 42.8 Å². The molecule has 0 aromatic heterocycles. The van der Waals surface area contributed by atoms with Crippen molar-refractivity contribution in [2.45, 2.75) is 62.5 Å². The van der Waals surface area contributed by atoms with E-state index in [1.165, 1.54) is 16.7 Å². The summed E-state index contributed by atoms with van der Waals surface area (Å²) in [6.45, 7) is 5.18. The van der Waals surface area contributed by atoms with Crippen LogP contribution in [0.3, 0.4) is 0 Å². The maximum Gasteiger partial charge on any atom is 0.353 e. The lowest BCUT2D eigenvalue weighted by Crippen LogP contribution is -2.66. The van der Waals surface area contributed by atoms with Crippen molar-refractivity contribution in [1.82, 2.24) is 25.8 Å². The maximum atomic E-state index is 13.0. The first-order chi connectivity index (χ1) is 15.6. The van der Waals surface area contributed by atoms with E-state index >= 15 is 0 Å². The second-order valence-electron chi connectivity index (χ2n) is 9.65. The molecule has 0 aromatic rings. The molecule has 0 bridgehead atoms. The third-order valence-corrected chi connectivity index (χ3v) is 8.71. The van der Waals surface area contributed by atoms with Gasteiger partial charge in [-0.15, -0.1) is 11.8 Å². The molecule has 3 fully saturated rings. The summed E-state index contributed by atoms with van der Waals surface area (Å²) in [5.74, 6) is -2.08. The number of β-lactam (4-membered cyclic amide) rings is 1. The van der Waals surface area contributed by atoms with E-state index < -0.39 is 11.9 Å². The molecular formula is C22H33N5O5S. The Morgan fingerprint density at radius 1 is 1.24 bits per heavy atom. The molecule has 0 aliphatic carbocycles. The molecule has 0 radical (unpaired) electrons. The molecule has 4 aliphatic rings. The van der Waals surface area contributed by atoms with E-state index in [0.29, 0.717) is 17.9 Å². The molecule has 4 rings (SSSR count). The Hall–Kier alpha value is -2.11. The van der Waals surface area contributed by atoms with Crippen molar-refractivity contribution in [2.24, 2.45) is 11.8 Å². The van der Waals surface area contributed by atoms with Crippen LogP contribution in [0.1, 0.15) is 33.1 Å². The highest BCUT2D eigenvalue weighted by Crippen LogP contribution is 2.51. The van der Waals surface area contributed by atoms with Crippen molar-refractivity contribution < 1.29 is 24.3 Å². The summed E-state index contributed by atoms with van der Waals surface area (Å²) in [5.41, 5.74) is 0.0529. The van der Waals surface area contributed by atoms with Crippen LogP contribution in [-0.4, -0.2) is 95.2 Å². The summed E-state index contributed by atoms with van der Waals surface area (Å²) in [6.07, 6.45) is 2.33. The first-order valence-electron chi connectivity index (χ1n) is 11.6. The largest absolute Gasteiger partial charge is 0.477 e. The highest BCUT2D eigenvalue weighted by Gasteiger charge is 2.60. The van der Waals surface area contributed by atoms with Gasteiger partial charge < -0.3 is 30.9 Å². The standard InChI is InChI=1S/C22H33N5O5S/c1-10-16-15(11(2)25-19(28)13-6-5-7-23-13)21(30)27(16)17(22(31)32)18(10)33-12-8-14(24-9-12)20(29)26(3)4/h10-16,23-24H,5-9H2,1-4H3,(H,25,28)(H,31,32)/t10-,11-,12+,13?,14+,15-,16-/m1/s1. The van der Waals surface area contributed by atoms with E-state index in [1.807, 2.05) is 13.8 Å². The number of hydrogen-bond donors (Lipinski definition) is 4. The lowest BCUT2D eigenvalue weighted by atomic mass is 9.78. The Morgan fingerprint density at radius 2 is 1.97 bits per heavy atom. The van der Waals surface area contributed by atoms with Crippen molar-refractivity contribution in [2.75, 3.05) is 27.2 Å². The number of amides is 3. The van der Waals surface area contributed by atoms with Crippen LogP contribution in [0.15, 0.2) is 10.6 Å². The fraction of sp³-hybridized carbons (Fsp3) is 0.727. The van der Waals surface area contributed by atoms with Gasteiger partial charge in [-0.1, -0.05) is 6.92 Å². The molecule has 3 amide bonds. The van der Waals surface area contributed by atoms with Crippen molar-refractivity contribution in [3.63, 3.8) is 0 Å². The van der Waals surface area contributed by atoms with E-state index in [4.69, 9.17) is 0 Å². The van der Waals surface area contributed by atoms with Crippen molar-refractivity contribution in [3.05, 3.63) is 10.6 Å². The van der Waals surface area contributed by atoms with Crippen LogP contribution in [0, 0.1) is 11.8 Å². The number of thioether (sulfide) groups is 1. The monoisotopic (exact) mass is 479 g/mol. The zero-order valence-corrected chi connectivity index (χ0v) is 20.3. The van der Waals surface area contributed by atoms with E-state index in [1.54, 1.807) is 19.0 Å². The van der Waals surface area contributed by atoms with Gasteiger partial charge in [-0.25, -0.2) is 4.79 Å². The van der Waals surface area contributed by atoms with Crippen LogP contribution in [0.25, 0.3) is 0 Å². The minimum absolute atomic E-state index is 0.00499. The van der Waals surface area contributed by atoms with Gasteiger partial charge in [0.05, 0.1) is 24.0 Å². The maximum absolute atomic E-state index is 13.0. The smallest absolute Gasteiger partial charge is 0.353 e. The number of carbonyl (C=O) groups excluding carboxylic acids is 3. The molecule has 3 saturated heterocycles. The van der Waals surface area contributed by atoms with E-state index in [0.717, 1.165) is 19.4 Å². The number of carboxylic acids is 1. The molecule has 4 heterocycles. The van der Waals surface area contributed by atoms with Gasteiger partial charge in [0.2, 0.25) is 17.7 Å². The number of hydrogen-bond acceptors (Lipinski definition) is 7. The Labute approximate surface area is 197 Å². The van der Waals surface area contributed by atoms with Crippen molar-refractivity contribution >= 4 is 35.5 Å². The number of likely N-dealkylation sites (N-methyl/N-ethyl adjacent to an activating group) is 1. The quantitative estimate of drug-likeness (QED) is 0.362. The molecule has 0 aromatic carbocycles. The van der Waals surface area contributed by atoms with Crippen LogP contribution < -0.4 is 16.0 Å². The van der Waals surface area contributed by atoms with Crippen molar-refractivity contribution in [1.29, 1.82) is 0 Å². The molecule has 11 heteroatoms. The first kappa shape index (κ1) is 24.0. The van der Waals surface area contributed by atoms with Crippen LogP contribution in [0.2, 0.25) is 0 Å². The lowest BCUT2D eigenvalue weighted by Gasteiger charge is -2.47. The van der Waals surface area contributed by atoms with Gasteiger partial charge in [-0.3, -0.25) is 14.4 Å². The SMILES string of the molecule is C[C@@H](NC(=O)C1CCCN1)[C@H]1C(=O)N2C(C(=O)O)=C(S[C@@H]3CN[C@H](C(=O)N(C)C)C3)[C@H](C)[C@H]12. The number of carboxylic acid groups (broad SMARTS) is 1. The zero-order valence-electron chi connectivity index (χ0n) is 19.5. The fourth-order valence-electron chi connectivity index (χ4n) is 5.49. The van der Waals surface area contributed by atoms with Crippen LogP contribution >= 0.6 is 11.8 Å². The molecule has 33 heavy (non-hydrogen) atoms. The molecule has 7 atom stereocenters. The van der Waals surface area contributed by atoms with Gasteiger partial charge >= 0.3 is 5.97 Å². The third-order valence-electron chi connectivity index (χ3n) is 7.20. The Balaban J connectivity index is 1.45. The van der Waals surface area contributed by atoms with Gasteiger partial charge in [0.1, 0.15) is 5.70 Å². The Kier molecular flexibility index (Phi) is 6.75. The van der Waals surface area contributed by atoms with Gasteiger partial charge in [-0.05, 0) is 32.7 Å². The molecule has 1 unspecified atom stereocenters. The predicted octanol–water partition coefficient (Wildman–Crippen LogP) is -0.432. The number of nitrogens with one attached hydrogen (secondary N) is 3. The van der Waals surface area contributed by atoms with Gasteiger partial charge in [0.15, 0.2) is 0 Å². The molecule has 0 saturated carbocycles. The third kappa shape index (κ3) is 4.26. The van der Waals surface area contributed by atoms with E-state index in [2.05, 4.69) is 16.0 Å². The van der Waals surface area contributed by atoms with E-state index in [9.17, 15) is 24.3 Å². The normalized spacial score (nSPS) is 34.2. The van der Waals surface area contributed by atoms with Crippen molar-refractivity contribution in [3.8, 4) is 0 Å². The summed E-state index contributed by atoms with van der Waals surface area (Å²) in [4.78, 5) is 53.6. The zero-order chi connectivity index (χ0) is 24.0. The number of fused-ring (bicyclic) bond motifs is 1. The second kappa shape index (κ2) is 9.27. The van der Waals surface area contributed by atoms with Crippen LogP contribution in [-0.2, 0) is 19.2 Å². The topological polar surface area (TPSA) is 131 Å². The molecule has 0 spiro atoms. The van der Waals surface area contributed by atoms with Gasteiger partial charge in [-0.2, -0.15) is 0 Å². The highest BCUT2D eigenvalue weighted by atomic mass is 32.2. The first-order valence-corrected chi connectivity index (χ1v) is 12.4. The van der Waals surface area contributed by atoms with Crippen LogP contribution in [0.5, 0.6) is 0 Å². The molecule has 4 aliphatic heterocycles. The summed E-state index contributed by atoms with van der Waals surface area (Å²) in [6, 6.07) is -1.18. The highest BCUT2D eigenvalue weighted by molar-refractivity contribution is 8.03. The fourth-order valence-corrected chi connectivity index (χ4v) is 6.97. The minimum Gasteiger partial charge on any atom is -0.477 e. The predicted molar refractivity (Wildman–Crippen MR) is 123 cm³/mol. The number of carbonyl (C=O) groups is 4. The number of nitrogens with zero attached hydrogens (tertiary/aromatic N) is 2. The summed E-state index contributed by atoms with van der Waals surface area (Å²) < 4.78 is 0. The molecule has 182 valence electrons. The average molecular weight is 480 g/mol. The Morgan fingerprint density at radius 3 is 2.58 bits per heavy atom. The Bertz CT molecular complexity index is 886. The minimum atomic E-state index is -1.11. The molecular weight excluding hydrogens is 446 g/mol. The van der Waals surface area contributed by atoms with Gasteiger partial charge in [0.25, 0.3) is 0 Å². The summed E-state index contributed by atoms with van der Waals surface area (Å²) >= 11 is 1.46. The van der Waals surface area contributed by atoms with Crippen LogP contribution in [0.4, 0.5) is 0 Å². The van der Waals surface area contributed by atoms with E-state index in [-0.39, 0.29) is 58.8 Å². The lowest BCUT2D eigenvalue weighted by molar-refractivity contribution is -0.158. The summed E-state index contributed by atoms with van der Waals surface area (Å²) in [5, 5.41) is 19.3. The molecule has 4 N–H and O–H groups in total. The average Bonchev–Trinajstić information content (AvgIpc) is 3.48.